The van der Waals surface area contributed by atoms with Gasteiger partial charge in [0.1, 0.15) is 6.04 Å². The van der Waals surface area contributed by atoms with Crippen LogP contribution in [0.25, 0.3) is 0 Å². The number of para-hydroxylation sites is 1. The van der Waals surface area contributed by atoms with E-state index in [1.807, 2.05) is 25.1 Å². The highest BCUT2D eigenvalue weighted by molar-refractivity contribution is 5.93. The monoisotopic (exact) mass is 250 g/mol. The van der Waals surface area contributed by atoms with Crippen LogP contribution in [0.15, 0.2) is 30.3 Å². The van der Waals surface area contributed by atoms with Gasteiger partial charge in [-0.15, -0.1) is 0 Å². The summed E-state index contributed by atoms with van der Waals surface area (Å²) >= 11 is 0. The van der Waals surface area contributed by atoms with Crippen molar-refractivity contribution in [2.45, 2.75) is 25.8 Å². The molecule has 1 rings (SSSR count). The largest absolute Gasteiger partial charge is 0.480 e. The zero-order chi connectivity index (χ0) is 13.5. The molecule has 0 fully saturated rings. The van der Waals surface area contributed by atoms with Crippen LogP contribution in [0, 0.1) is 0 Å². The number of rotatable bonds is 5. The van der Waals surface area contributed by atoms with Crippen LogP contribution in [-0.4, -0.2) is 30.2 Å². The van der Waals surface area contributed by atoms with Crippen LogP contribution < -0.4 is 10.2 Å². The lowest BCUT2D eigenvalue weighted by atomic mass is 10.2. The second-order valence-corrected chi connectivity index (χ2v) is 4.02. The van der Waals surface area contributed by atoms with Gasteiger partial charge in [0.15, 0.2) is 0 Å². The van der Waals surface area contributed by atoms with Crippen LogP contribution >= 0.6 is 0 Å². The second kappa shape index (κ2) is 6.64. The van der Waals surface area contributed by atoms with Gasteiger partial charge >= 0.3 is 12.0 Å². The van der Waals surface area contributed by atoms with Crippen LogP contribution in [0.2, 0.25) is 0 Å². The summed E-state index contributed by atoms with van der Waals surface area (Å²) < 4.78 is 0. The number of carboxylic acids is 1. The molecule has 0 spiro atoms. The molecule has 0 aliphatic carbocycles. The Balaban J connectivity index is 2.67. The second-order valence-electron chi connectivity index (χ2n) is 4.02. The molecular formula is C13H18N2O3. The minimum absolute atomic E-state index is 0.415. The van der Waals surface area contributed by atoms with E-state index in [1.165, 1.54) is 4.90 Å². The Morgan fingerprint density at radius 2 is 1.94 bits per heavy atom. The number of aliphatic carboxylic acids is 1. The topological polar surface area (TPSA) is 69.6 Å². The highest BCUT2D eigenvalue weighted by Gasteiger charge is 2.21. The van der Waals surface area contributed by atoms with E-state index in [0.29, 0.717) is 12.8 Å². The van der Waals surface area contributed by atoms with Gasteiger partial charge in [0, 0.05) is 12.7 Å². The number of urea groups is 1. The lowest BCUT2D eigenvalue weighted by molar-refractivity contribution is -0.139. The molecule has 1 atom stereocenters. The zero-order valence-electron chi connectivity index (χ0n) is 10.6. The van der Waals surface area contributed by atoms with Crippen molar-refractivity contribution in [1.82, 2.24) is 5.32 Å². The molecule has 18 heavy (non-hydrogen) atoms. The fourth-order valence-electron chi connectivity index (χ4n) is 1.56. The van der Waals surface area contributed by atoms with Crippen molar-refractivity contribution in [3.8, 4) is 0 Å². The number of carbonyl (C=O) groups excluding carboxylic acids is 1. The quantitative estimate of drug-likeness (QED) is 0.840. The van der Waals surface area contributed by atoms with Crippen molar-refractivity contribution in [2.24, 2.45) is 0 Å². The van der Waals surface area contributed by atoms with E-state index in [9.17, 15) is 9.59 Å². The van der Waals surface area contributed by atoms with Crippen LogP contribution in [-0.2, 0) is 4.79 Å². The molecule has 0 saturated heterocycles. The number of nitrogens with one attached hydrogen (secondary N) is 1. The van der Waals surface area contributed by atoms with Gasteiger partial charge in [-0.3, -0.25) is 4.90 Å². The summed E-state index contributed by atoms with van der Waals surface area (Å²) in [6.45, 7) is 1.88. The highest BCUT2D eigenvalue weighted by Crippen LogP contribution is 2.11. The number of benzene rings is 1. The first-order valence-electron chi connectivity index (χ1n) is 5.88. The van der Waals surface area contributed by atoms with Gasteiger partial charge in [-0.25, -0.2) is 9.59 Å². The lowest BCUT2D eigenvalue weighted by Crippen LogP contribution is -2.46. The minimum Gasteiger partial charge on any atom is -0.480 e. The number of anilines is 1. The molecule has 5 heteroatoms. The predicted molar refractivity (Wildman–Crippen MR) is 69.7 cm³/mol. The molecule has 0 saturated carbocycles. The van der Waals surface area contributed by atoms with Crippen LogP contribution in [0.1, 0.15) is 19.8 Å². The molecule has 2 N–H and O–H groups in total. The highest BCUT2D eigenvalue weighted by atomic mass is 16.4. The molecular weight excluding hydrogens is 232 g/mol. The summed E-state index contributed by atoms with van der Waals surface area (Å²) in [4.78, 5) is 24.2. The summed E-state index contributed by atoms with van der Waals surface area (Å²) in [7, 11) is 1.61. The van der Waals surface area contributed by atoms with Gasteiger partial charge in [-0.1, -0.05) is 31.5 Å². The van der Waals surface area contributed by atoms with Crippen molar-refractivity contribution >= 4 is 17.7 Å². The van der Waals surface area contributed by atoms with Crippen LogP contribution in [0.3, 0.4) is 0 Å². The number of nitrogens with zero attached hydrogens (tertiary/aromatic N) is 1. The number of hydrogen-bond acceptors (Lipinski definition) is 2. The average Bonchev–Trinajstić information content (AvgIpc) is 2.38. The molecule has 0 radical (unpaired) electrons. The van der Waals surface area contributed by atoms with Gasteiger partial charge in [0.25, 0.3) is 0 Å². The smallest absolute Gasteiger partial charge is 0.326 e. The maximum atomic E-state index is 11.9. The molecule has 0 aliphatic heterocycles. The van der Waals surface area contributed by atoms with E-state index >= 15 is 0 Å². The third-order valence-corrected chi connectivity index (χ3v) is 2.62. The van der Waals surface area contributed by atoms with Gasteiger partial charge in [-0.05, 0) is 18.6 Å². The SMILES string of the molecule is CCC[C@H](NC(=O)N(C)c1ccccc1)C(=O)O. The van der Waals surface area contributed by atoms with Crippen molar-refractivity contribution in [2.75, 3.05) is 11.9 Å². The maximum absolute atomic E-state index is 11.9. The van der Waals surface area contributed by atoms with Gasteiger partial charge in [0.2, 0.25) is 0 Å². The fourth-order valence-corrected chi connectivity index (χ4v) is 1.56. The van der Waals surface area contributed by atoms with E-state index in [-0.39, 0.29) is 0 Å². The zero-order valence-corrected chi connectivity index (χ0v) is 10.6. The summed E-state index contributed by atoms with van der Waals surface area (Å²) in [5.74, 6) is -1.01. The molecule has 1 aromatic carbocycles. The molecule has 5 nitrogen and oxygen atoms in total. The first kappa shape index (κ1) is 14.0. The standard InChI is InChI=1S/C13H18N2O3/c1-3-7-11(12(16)17)14-13(18)15(2)10-8-5-4-6-9-10/h4-6,8-9,11H,3,7H2,1-2H3,(H,14,18)(H,16,17)/t11-/m0/s1. The van der Waals surface area contributed by atoms with E-state index in [0.717, 1.165) is 5.69 Å². The molecule has 0 unspecified atom stereocenters. The van der Waals surface area contributed by atoms with Crippen molar-refractivity contribution in [3.05, 3.63) is 30.3 Å². The molecule has 0 bridgehead atoms. The maximum Gasteiger partial charge on any atom is 0.326 e. The van der Waals surface area contributed by atoms with Crippen LogP contribution in [0.4, 0.5) is 10.5 Å². The summed E-state index contributed by atoms with van der Waals surface area (Å²) in [5, 5.41) is 11.5. The molecule has 98 valence electrons. The first-order chi connectivity index (χ1) is 8.56. The van der Waals surface area contributed by atoms with E-state index < -0.39 is 18.0 Å². The number of carboxylic acid groups (broad SMARTS) is 1. The Kier molecular flexibility index (Phi) is 5.17. The Morgan fingerprint density at radius 3 is 2.44 bits per heavy atom. The third-order valence-electron chi connectivity index (χ3n) is 2.62. The molecule has 0 aromatic heterocycles. The Morgan fingerprint density at radius 1 is 1.33 bits per heavy atom. The average molecular weight is 250 g/mol. The summed E-state index contributed by atoms with van der Waals surface area (Å²) in [5.41, 5.74) is 0.718. The normalized spacial score (nSPS) is 11.7. The summed E-state index contributed by atoms with van der Waals surface area (Å²) in [6.07, 6.45) is 1.12. The Hall–Kier alpha value is -2.04. The first-order valence-corrected chi connectivity index (χ1v) is 5.88. The fraction of sp³-hybridized carbons (Fsp3) is 0.385. The van der Waals surface area contributed by atoms with Gasteiger partial charge in [0.05, 0.1) is 0 Å². The molecule has 2 amide bonds. The Bertz CT molecular complexity index is 406. The minimum atomic E-state index is -1.01. The van der Waals surface area contributed by atoms with Crippen molar-refractivity contribution in [1.29, 1.82) is 0 Å². The molecule has 0 aliphatic rings. The number of carbonyl (C=O) groups is 2. The molecule has 1 aromatic rings. The van der Waals surface area contributed by atoms with Gasteiger partial charge in [-0.2, -0.15) is 0 Å². The number of amides is 2. The molecule has 0 heterocycles. The van der Waals surface area contributed by atoms with E-state index in [2.05, 4.69) is 5.32 Å². The van der Waals surface area contributed by atoms with Crippen molar-refractivity contribution < 1.29 is 14.7 Å². The van der Waals surface area contributed by atoms with E-state index in [4.69, 9.17) is 5.11 Å². The van der Waals surface area contributed by atoms with Crippen molar-refractivity contribution in [3.63, 3.8) is 0 Å². The Labute approximate surface area is 106 Å². The van der Waals surface area contributed by atoms with Gasteiger partial charge < -0.3 is 10.4 Å². The number of hydrogen-bond donors (Lipinski definition) is 2. The lowest BCUT2D eigenvalue weighted by Gasteiger charge is -2.21. The third kappa shape index (κ3) is 3.76. The summed E-state index contributed by atoms with van der Waals surface area (Å²) in [6, 6.07) is 7.81. The van der Waals surface area contributed by atoms with E-state index in [1.54, 1.807) is 19.2 Å². The predicted octanol–water partition coefficient (Wildman–Crippen LogP) is 2.09. The van der Waals surface area contributed by atoms with Crippen LogP contribution in [0.5, 0.6) is 0 Å².